The molecule has 0 unspecified atom stereocenters. The van der Waals surface area contributed by atoms with Gasteiger partial charge in [0.05, 0.1) is 19.1 Å². The fourth-order valence-corrected chi connectivity index (χ4v) is 5.20. The fraction of sp³-hybridized carbons (Fsp3) is 0.438. The van der Waals surface area contributed by atoms with Crippen molar-refractivity contribution < 1.29 is 19.2 Å². The first-order chi connectivity index (χ1) is 19.3. The molecule has 214 valence electrons. The van der Waals surface area contributed by atoms with Crippen molar-refractivity contribution in [2.24, 2.45) is 0 Å². The lowest BCUT2D eigenvalue weighted by atomic mass is 10.1. The van der Waals surface area contributed by atoms with Gasteiger partial charge in [-0.05, 0) is 37.9 Å². The number of hydrogen-bond donors (Lipinski definition) is 0. The van der Waals surface area contributed by atoms with E-state index < -0.39 is 6.04 Å². The van der Waals surface area contributed by atoms with E-state index in [1.54, 1.807) is 11.0 Å². The Labute approximate surface area is 238 Å². The van der Waals surface area contributed by atoms with Crippen LogP contribution in [0.5, 0.6) is 0 Å². The quantitative estimate of drug-likeness (QED) is 0.251. The van der Waals surface area contributed by atoms with Crippen molar-refractivity contribution in [1.82, 2.24) is 19.6 Å². The predicted molar refractivity (Wildman–Crippen MR) is 156 cm³/mol. The van der Waals surface area contributed by atoms with Crippen LogP contribution in [0.15, 0.2) is 73.3 Å². The summed E-state index contributed by atoms with van der Waals surface area (Å²) < 4.78 is 0. The molecule has 2 aromatic rings. The Kier molecular flexibility index (Phi) is 12.1. The molecule has 0 radical (unpaired) electrons. The SMILES string of the molecule is C=CCN(CC=O)C(=O)CN(C(=O)CN(Cc1ccccc1)C(=O)CN(C)C1CCCC1)[C@H](C)c1ccccc1. The van der Waals surface area contributed by atoms with Gasteiger partial charge in [0, 0.05) is 19.1 Å². The topological polar surface area (TPSA) is 81.2 Å². The number of aldehydes is 1. The third-order valence-corrected chi connectivity index (χ3v) is 7.60. The molecule has 1 aliphatic carbocycles. The molecule has 1 saturated carbocycles. The van der Waals surface area contributed by atoms with Crippen LogP contribution in [-0.2, 0) is 25.7 Å². The van der Waals surface area contributed by atoms with Gasteiger partial charge in [0.15, 0.2) is 0 Å². The molecule has 0 saturated heterocycles. The number of carbonyl (C=O) groups excluding carboxylic acids is 4. The lowest BCUT2D eigenvalue weighted by Crippen LogP contribution is -2.50. The van der Waals surface area contributed by atoms with Gasteiger partial charge >= 0.3 is 0 Å². The van der Waals surface area contributed by atoms with E-state index >= 15 is 0 Å². The Balaban J connectivity index is 1.85. The van der Waals surface area contributed by atoms with Crippen molar-refractivity contribution in [2.45, 2.75) is 51.2 Å². The zero-order chi connectivity index (χ0) is 28.9. The first-order valence-electron chi connectivity index (χ1n) is 14.0. The van der Waals surface area contributed by atoms with Crippen LogP contribution < -0.4 is 0 Å². The molecule has 2 aromatic carbocycles. The van der Waals surface area contributed by atoms with E-state index in [2.05, 4.69) is 11.5 Å². The van der Waals surface area contributed by atoms with Gasteiger partial charge in [-0.3, -0.25) is 19.3 Å². The van der Waals surface area contributed by atoms with Crippen molar-refractivity contribution in [3.63, 3.8) is 0 Å². The molecule has 1 atom stereocenters. The highest BCUT2D eigenvalue weighted by molar-refractivity contribution is 5.89. The second-order valence-electron chi connectivity index (χ2n) is 10.5. The van der Waals surface area contributed by atoms with Gasteiger partial charge in [0.25, 0.3) is 0 Å². The molecular weight excluding hydrogens is 504 g/mol. The number of rotatable bonds is 15. The molecule has 1 fully saturated rings. The third-order valence-electron chi connectivity index (χ3n) is 7.60. The van der Waals surface area contributed by atoms with Gasteiger partial charge in [-0.15, -0.1) is 6.58 Å². The van der Waals surface area contributed by atoms with Gasteiger partial charge in [-0.2, -0.15) is 0 Å². The van der Waals surface area contributed by atoms with Crippen molar-refractivity contribution >= 4 is 24.0 Å². The smallest absolute Gasteiger partial charge is 0.243 e. The summed E-state index contributed by atoms with van der Waals surface area (Å²) in [6.07, 6.45) is 6.71. The summed E-state index contributed by atoms with van der Waals surface area (Å²) in [4.78, 5) is 58.5. The summed E-state index contributed by atoms with van der Waals surface area (Å²) in [7, 11) is 1.97. The van der Waals surface area contributed by atoms with E-state index in [0.29, 0.717) is 18.9 Å². The minimum absolute atomic E-state index is 0.0846. The highest BCUT2D eigenvalue weighted by Gasteiger charge is 2.30. The molecule has 8 heteroatoms. The van der Waals surface area contributed by atoms with E-state index in [1.165, 1.54) is 22.6 Å². The molecular formula is C32H42N4O4. The maximum atomic E-state index is 13.9. The normalized spacial score (nSPS) is 14.0. The first-order valence-corrected chi connectivity index (χ1v) is 14.0. The summed E-state index contributed by atoms with van der Waals surface area (Å²) in [6, 6.07) is 19.0. The Morgan fingerprint density at radius 2 is 1.45 bits per heavy atom. The summed E-state index contributed by atoms with van der Waals surface area (Å²) in [6.45, 7) is 5.80. The molecule has 0 spiro atoms. The lowest BCUT2D eigenvalue weighted by Gasteiger charge is -2.34. The van der Waals surface area contributed by atoms with Crippen LogP contribution in [0, 0.1) is 0 Å². The second kappa shape index (κ2) is 15.7. The summed E-state index contributed by atoms with van der Waals surface area (Å²) >= 11 is 0. The third kappa shape index (κ3) is 8.88. The molecule has 3 rings (SSSR count). The maximum absolute atomic E-state index is 13.9. The van der Waals surface area contributed by atoms with E-state index in [4.69, 9.17) is 0 Å². The maximum Gasteiger partial charge on any atom is 0.243 e. The molecule has 1 aliphatic rings. The zero-order valence-electron chi connectivity index (χ0n) is 23.8. The number of hydrogen-bond acceptors (Lipinski definition) is 5. The van der Waals surface area contributed by atoms with Crippen LogP contribution in [0.4, 0.5) is 0 Å². The van der Waals surface area contributed by atoms with Gasteiger partial charge in [-0.25, -0.2) is 0 Å². The molecule has 0 bridgehead atoms. The Morgan fingerprint density at radius 3 is 2.05 bits per heavy atom. The average Bonchev–Trinajstić information content (AvgIpc) is 3.51. The number of likely N-dealkylation sites (N-methyl/N-ethyl adjacent to an activating group) is 1. The van der Waals surface area contributed by atoms with Gasteiger partial charge in [0.2, 0.25) is 17.7 Å². The van der Waals surface area contributed by atoms with Crippen molar-refractivity contribution in [3.8, 4) is 0 Å². The van der Waals surface area contributed by atoms with E-state index in [-0.39, 0.29) is 50.4 Å². The monoisotopic (exact) mass is 546 g/mol. The van der Waals surface area contributed by atoms with Crippen LogP contribution in [0.1, 0.15) is 49.8 Å². The summed E-state index contributed by atoms with van der Waals surface area (Å²) in [5.41, 5.74) is 1.80. The van der Waals surface area contributed by atoms with Crippen LogP contribution in [0.2, 0.25) is 0 Å². The number of carbonyl (C=O) groups is 4. The highest BCUT2D eigenvalue weighted by Crippen LogP contribution is 2.23. The minimum Gasteiger partial charge on any atom is -0.330 e. The average molecular weight is 547 g/mol. The Hall–Kier alpha value is -3.78. The fourth-order valence-electron chi connectivity index (χ4n) is 5.20. The Bertz CT molecular complexity index is 1110. The van der Waals surface area contributed by atoms with E-state index in [9.17, 15) is 19.2 Å². The van der Waals surface area contributed by atoms with E-state index in [1.807, 2.05) is 74.6 Å². The highest BCUT2D eigenvalue weighted by atomic mass is 16.2. The number of amides is 3. The largest absolute Gasteiger partial charge is 0.330 e. The standard InChI is InChI=1S/C32H42N4O4/c1-4-19-34(20-21-37)31(39)25-36(26(2)28-15-9-6-10-16-28)32(40)24-35(22-27-13-7-5-8-14-27)30(38)23-33(3)29-17-11-12-18-29/h4-10,13-16,21,26,29H,1,11-12,17-20,22-25H2,2-3H3/t26-/m1/s1. The van der Waals surface area contributed by atoms with Crippen LogP contribution in [0.3, 0.4) is 0 Å². The van der Waals surface area contributed by atoms with Crippen LogP contribution in [0.25, 0.3) is 0 Å². The molecule has 0 heterocycles. The van der Waals surface area contributed by atoms with Crippen molar-refractivity contribution in [3.05, 3.63) is 84.4 Å². The second-order valence-corrected chi connectivity index (χ2v) is 10.5. The molecule has 40 heavy (non-hydrogen) atoms. The zero-order valence-corrected chi connectivity index (χ0v) is 23.8. The molecule has 3 amide bonds. The number of benzene rings is 2. The van der Waals surface area contributed by atoms with Gasteiger partial charge in [-0.1, -0.05) is 79.6 Å². The van der Waals surface area contributed by atoms with E-state index in [0.717, 1.165) is 24.0 Å². The molecule has 0 N–H and O–H groups in total. The molecule has 0 aromatic heterocycles. The van der Waals surface area contributed by atoms with Gasteiger partial charge < -0.3 is 19.5 Å². The minimum atomic E-state index is -0.422. The summed E-state index contributed by atoms with van der Waals surface area (Å²) in [5, 5.41) is 0. The first kappa shape index (κ1) is 30.8. The molecule has 0 aliphatic heterocycles. The van der Waals surface area contributed by atoms with Crippen LogP contribution in [-0.4, -0.2) is 89.4 Å². The lowest BCUT2D eigenvalue weighted by molar-refractivity contribution is -0.146. The number of nitrogens with zero attached hydrogens (tertiary/aromatic N) is 4. The van der Waals surface area contributed by atoms with Crippen molar-refractivity contribution in [2.75, 3.05) is 39.8 Å². The Morgan fingerprint density at radius 1 is 0.850 bits per heavy atom. The van der Waals surface area contributed by atoms with Gasteiger partial charge in [0.1, 0.15) is 19.4 Å². The predicted octanol–water partition coefficient (Wildman–Crippen LogP) is 3.69. The summed E-state index contributed by atoms with van der Waals surface area (Å²) in [5.74, 6) is -0.813. The molecule has 8 nitrogen and oxygen atoms in total. The van der Waals surface area contributed by atoms with Crippen LogP contribution >= 0.6 is 0 Å². The van der Waals surface area contributed by atoms with Crippen molar-refractivity contribution in [1.29, 1.82) is 0 Å².